The van der Waals surface area contributed by atoms with Gasteiger partial charge in [0.15, 0.2) is 0 Å². The van der Waals surface area contributed by atoms with Crippen LogP contribution in [0.5, 0.6) is 0 Å². The Balaban J connectivity index is 1.60. The molecule has 0 bridgehead atoms. The molecule has 0 aliphatic carbocycles. The number of hydrogen-bond donors (Lipinski definition) is 0. The number of aryl methyl sites for hydroxylation is 12. The van der Waals surface area contributed by atoms with Gasteiger partial charge in [0.05, 0.1) is 0 Å². The molecule has 0 aliphatic heterocycles. The fraction of sp³-hybridized carbons (Fsp3) is 0.300. The van der Waals surface area contributed by atoms with E-state index in [-0.39, 0.29) is 32.0 Å². The monoisotopic (exact) mass is 823 g/mol. The van der Waals surface area contributed by atoms with E-state index in [4.69, 9.17) is 0 Å². The Morgan fingerprint density at radius 3 is 0.762 bits per heavy atom. The summed E-state index contributed by atoms with van der Waals surface area (Å²) in [7, 11) is 0. The van der Waals surface area contributed by atoms with Crippen LogP contribution < -0.4 is 49.2 Å². The lowest BCUT2D eigenvalue weighted by Crippen LogP contribution is -2.63. The van der Waals surface area contributed by atoms with Crippen molar-refractivity contribution in [3.05, 3.63) is 193 Å². The summed E-state index contributed by atoms with van der Waals surface area (Å²) in [6.45, 7) is 37.5. The molecule has 0 radical (unpaired) electrons. The minimum atomic E-state index is 0.0167. The van der Waals surface area contributed by atoms with E-state index < -0.39 is 0 Å². The van der Waals surface area contributed by atoms with E-state index in [2.05, 4.69) is 226 Å². The highest BCUT2D eigenvalue weighted by Crippen LogP contribution is 2.21. The van der Waals surface area contributed by atoms with Gasteiger partial charge in [0.25, 0.3) is 0 Å². The molecule has 0 amide bonds. The van der Waals surface area contributed by atoms with Crippen molar-refractivity contribution >= 4 is 69.3 Å². The third-order valence-electron chi connectivity index (χ3n) is 14.0. The normalized spacial score (nSPS) is 11.5. The molecule has 0 N–H and O–H groups in total. The number of hydrogen-bond acceptors (Lipinski definition) is 0. The topological polar surface area (TPSA) is 0 Å². The summed E-state index contributed by atoms with van der Waals surface area (Å²) in [6, 6.07) is 45.2. The van der Waals surface area contributed by atoms with Crippen LogP contribution in [0.4, 0.5) is 0 Å². The third-order valence-corrected chi connectivity index (χ3v) is 14.0. The first-order valence-electron chi connectivity index (χ1n) is 23.5. The lowest BCUT2D eigenvalue weighted by molar-refractivity contribution is 0.877. The van der Waals surface area contributed by atoms with Crippen LogP contribution >= 0.6 is 0 Å². The quantitative estimate of drug-likeness (QED) is 0.114. The predicted molar refractivity (Wildman–Crippen MR) is 284 cm³/mol. The summed E-state index contributed by atoms with van der Waals surface area (Å²) in [4.78, 5) is 0. The molecule has 7 aromatic carbocycles. The maximum absolute atomic E-state index is 2.47. The van der Waals surface area contributed by atoms with E-state index in [1.54, 1.807) is 0 Å². The highest BCUT2D eigenvalue weighted by Gasteiger charge is 2.37. The van der Waals surface area contributed by atoms with Crippen molar-refractivity contribution in [2.45, 2.75) is 123 Å². The van der Waals surface area contributed by atoms with Crippen LogP contribution in [-0.4, -0.2) is 20.1 Å². The summed E-state index contributed by atoms with van der Waals surface area (Å²) in [5.41, 5.74) is 31.8. The third kappa shape index (κ3) is 8.83. The molecule has 0 aromatic heterocycles. The lowest BCUT2D eigenvalue weighted by atomic mass is 9.29. The minimum Gasteiger partial charge on any atom is -0.0686 e. The van der Waals surface area contributed by atoms with Crippen LogP contribution in [0.25, 0.3) is 0 Å². The van der Waals surface area contributed by atoms with Crippen molar-refractivity contribution in [1.82, 2.24) is 0 Å². The fourth-order valence-electron chi connectivity index (χ4n) is 12.2. The zero-order chi connectivity index (χ0) is 45.6. The molecule has 0 spiro atoms. The summed E-state index contributed by atoms with van der Waals surface area (Å²) in [5, 5.41) is 0. The van der Waals surface area contributed by atoms with Gasteiger partial charge in [-0.15, -0.1) is 0 Å². The van der Waals surface area contributed by atoms with Gasteiger partial charge in [0.1, 0.15) is 0 Å². The summed E-state index contributed by atoms with van der Waals surface area (Å²) >= 11 is 0. The van der Waals surface area contributed by atoms with Gasteiger partial charge < -0.3 is 0 Å². The Morgan fingerprint density at radius 2 is 0.524 bits per heavy atom. The largest absolute Gasteiger partial charge is 0.242 e. The van der Waals surface area contributed by atoms with E-state index in [9.17, 15) is 0 Å². The van der Waals surface area contributed by atoms with Gasteiger partial charge in [-0.3, -0.25) is 0 Å². The van der Waals surface area contributed by atoms with Crippen molar-refractivity contribution in [1.29, 1.82) is 0 Å². The molecule has 7 aromatic rings. The Labute approximate surface area is 383 Å². The highest BCUT2D eigenvalue weighted by atomic mass is 14.2. The Morgan fingerprint density at radius 1 is 0.286 bits per heavy atom. The van der Waals surface area contributed by atoms with Crippen molar-refractivity contribution in [2.24, 2.45) is 0 Å². The Bertz CT molecular complexity index is 2440. The first-order chi connectivity index (χ1) is 29.9. The summed E-state index contributed by atoms with van der Waals surface area (Å²) in [6.07, 6.45) is 0. The van der Waals surface area contributed by atoms with Crippen molar-refractivity contribution in [3.63, 3.8) is 0 Å². The van der Waals surface area contributed by atoms with E-state index >= 15 is 0 Å². The molecular weight excluding hydrogens is 753 g/mol. The molecule has 63 heavy (non-hydrogen) atoms. The van der Waals surface area contributed by atoms with Crippen molar-refractivity contribution in [2.75, 3.05) is 0 Å². The van der Waals surface area contributed by atoms with Crippen LogP contribution in [0.1, 0.15) is 117 Å². The first-order valence-corrected chi connectivity index (χ1v) is 23.5. The van der Waals surface area contributed by atoms with Crippen LogP contribution in [0.15, 0.2) is 115 Å². The average Bonchev–Trinajstić information content (AvgIpc) is 3.18. The second kappa shape index (κ2) is 18.5. The molecule has 0 atom stereocenters. The summed E-state index contributed by atoms with van der Waals surface area (Å²) < 4.78 is 0. The van der Waals surface area contributed by atoms with Gasteiger partial charge in [-0.25, -0.2) is 0 Å². The second-order valence-electron chi connectivity index (χ2n) is 20.0. The van der Waals surface area contributed by atoms with Crippen LogP contribution in [0, 0.1) is 83.1 Å². The van der Waals surface area contributed by atoms with Gasteiger partial charge >= 0.3 is 0 Å². The van der Waals surface area contributed by atoms with Gasteiger partial charge in [-0.05, 0) is 94.9 Å². The van der Waals surface area contributed by atoms with E-state index in [1.807, 2.05) is 0 Å². The van der Waals surface area contributed by atoms with E-state index in [1.165, 1.54) is 127 Å². The molecule has 0 heterocycles. The van der Waals surface area contributed by atoms with E-state index in [0.717, 1.165) is 0 Å². The first kappa shape index (κ1) is 45.7. The molecule has 318 valence electrons. The fourth-order valence-corrected chi connectivity index (χ4v) is 12.2. The van der Waals surface area contributed by atoms with Crippen LogP contribution in [-0.2, 0) is 0 Å². The Kier molecular flexibility index (Phi) is 13.4. The van der Waals surface area contributed by atoms with Gasteiger partial charge in [0, 0.05) is 0 Å². The summed E-state index contributed by atoms with van der Waals surface area (Å²) in [5.74, 6) is 0.548. The molecule has 0 nitrogen and oxygen atoms in total. The minimum absolute atomic E-state index is 0.0167. The number of rotatable bonds is 11. The number of benzene rings is 7. The lowest BCUT2D eigenvalue weighted by Gasteiger charge is -2.32. The average molecular weight is 823 g/mol. The van der Waals surface area contributed by atoms with E-state index in [0.29, 0.717) is 0 Å². The zero-order valence-corrected chi connectivity index (χ0v) is 41.4. The zero-order valence-electron chi connectivity index (χ0n) is 41.4. The van der Waals surface area contributed by atoms with Crippen LogP contribution in [0.3, 0.4) is 0 Å². The maximum atomic E-state index is 2.47. The van der Waals surface area contributed by atoms with Gasteiger partial charge in [0.2, 0.25) is 20.1 Å². The maximum Gasteiger partial charge on any atom is 0.242 e. The molecule has 0 unspecified atom stereocenters. The highest BCUT2D eigenvalue weighted by molar-refractivity contribution is 7.00. The second-order valence-corrected chi connectivity index (χ2v) is 20.0. The van der Waals surface area contributed by atoms with Crippen molar-refractivity contribution < 1.29 is 0 Å². The molecule has 7 rings (SSSR count). The SMILES string of the molecule is Cc1cc(C)c(B(c2cccc(B(c3ccccc3)c3cccc(B(c4c(C)cc(C)cc4C)c4c(C)cc(C)cc4C)c3C(C)C)c2C(C)C)c2c(C)cc(C)cc2C)c(C)c1. The van der Waals surface area contributed by atoms with Crippen molar-refractivity contribution in [3.8, 4) is 0 Å². The Hall–Kier alpha value is -5.27. The molecule has 0 fully saturated rings. The molecule has 0 aliphatic rings. The molecule has 0 saturated heterocycles. The predicted octanol–water partition coefficient (Wildman–Crippen LogP) is 9.18. The standard InChI is InChI=1S/C60H69B3/c1-36(2)55-51(24-20-26-53(55)62(57-42(9)28-38(5)29-43(57)10)58-44(11)30-39(6)31-45(58)12)61(50-22-18-17-19-23-50)52-25-21-27-54(56(52)37(3)4)63(59-46(13)32-40(7)33-47(59)14)60-48(15)34-41(8)35-49(60)16/h17-37H,1-16H3. The molecule has 3 heteroatoms. The molecule has 0 saturated carbocycles. The molecular formula is C60H69B3. The van der Waals surface area contributed by atoms with Crippen LogP contribution in [0.2, 0.25) is 0 Å². The van der Waals surface area contributed by atoms with Gasteiger partial charge in [-0.2, -0.15) is 0 Å². The smallest absolute Gasteiger partial charge is 0.0686 e. The van der Waals surface area contributed by atoms with Gasteiger partial charge in [-0.1, -0.05) is 270 Å².